The first kappa shape index (κ1) is 20.4. The van der Waals surface area contributed by atoms with Crippen LogP contribution < -0.4 is 15.1 Å². The molecule has 1 N–H and O–H groups in total. The number of esters is 1. The number of anilines is 3. The first-order valence-electron chi connectivity index (χ1n) is 10.2. The van der Waals surface area contributed by atoms with Crippen molar-refractivity contribution in [2.24, 2.45) is 0 Å². The molecule has 158 valence electrons. The predicted octanol–water partition coefficient (Wildman–Crippen LogP) is 2.71. The fourth-order valence-corrected chi connectivity index (χ4v) is 4.01. The first-order valence-corrected chi connectivity index (χ1v) is 10.2. The minimum absolute atomic E-state index is 0.0679. The van der Waals surface area contributed by atoms with E-state index < -0.39 is 18.5 Å². The number of nitrogens with zero attached hydrogens (tertiary/aromatic N) is 3. The van der Waals surface area contributed by atoms with Crippen molar-refractivity contribution in [3.8, 4) is 6.07 Å². The van der Waals surface area contributed by atoms with Crippen LogP contribution in [0.3, 0.4) is 0 Å². The van der Waals surface area contributed by atoms with Gasteiger partial charge in [0.15, 0.2) is 6.61 Å². The highest BCUT2D eigenvalue weighted by Gasteiger charge is 2.36. The number of amides is 2. The number of fused-ring (bicyclic) bond motifs is 3. The van der Waals surface area contributed by atoms with Crippen LogP contribution in [0.2, 0.25) is 0 Å². The summed E-state index contributed by atoms with van der Waals surface area (Å²) in [5.74, 6) is -1.13. The molecule has 8 heteroatoms. The van der Waals surface area contributed by atoms with E-state index in [1.54, 1.807) is 42.5 Å². The molecule has 0 aliphatic carbocycles. The predicted molar refractivity (Wildman–Crippen MR) is 115 cm³/mol. The maximum atomic E-state index is 12.7. The normalized spacial score (nSPS) is 16.5. The second-order valence-corrected chi connectivity index (χ2v) is 7.44. The Morgan fingerprint density at radius 3 is 2.81 bits per heavy atom. The molecule has 31 heavy (non-hydrogen) atoms. The van der Waals surface area contributed by atoms with E-state index >= 15 is 0 Å². The topological polar surface area (TPSA) is 103 Å². The summed E-state index contributed by atoms with van der Waals surface area (Å²) in [4.78, 5) is 41.0. The Morgan fingerprint density at radius 1 is 1.23 bits per heavy atom. The fraction of sp³-hybridized carbons (Fsp3) is 0.304. The van der Waals surface area contributed by atoms with Gasteiger partial charge in [-0.2, -0.15) is 5.26 Å². The molecular formula is C23H22N4O4. The summed E-state index contributed by atoms with van der Waals surface area (Å²) in [6.07, 6.45) is 1.94. The second-order valence-electron chi connectivity index (χ2n) is 7.44. The van der Waals surface area contributed by atoms with Crippen molar-refractivity contribution in [3.05, 3.63) is 54.1 Å². The number of carbonyl (C=O) groups excluding carboxylic acids is 3. The second kappa shape index (κ2) is 8.88. The zero-order valence-corrected chi connectivity index (χ0v) is 16.9. The Bertz CT molecular complexity index is 1050. The average molecular weight is 418 g/mol. The van der Waals surface area contributed by atoms with Gasteiger partial charge in [-0.05, 0) is 43.2 Å². The van der Waals surface area contributed by atoms with Gasteiger partial charge in [0.1, 0.15) is 6.04 Å². The van der Waals surface area contributed by atoms with E-state index in [1.165, 1.54) is 4.90 Å². The van der Waals surface area contributed by atoms with Crippen LogP contribution in [0, 0.1) is 11.3 Å². The monoisotopic (exact) mass is 418 g/mol. The maximum Gasteiger partial charge on any atom is 0.338 e. The van der Waals surface area contributed by atoms with Crippen molar-refractivity contribution in [3.63, 3.8) is 0 Å². The molecule has 2 heterocycles. The molecule has 2 aliphatic rings. The minimum atomic E-state index is -0.651. The highest BCUT2D eigenvalue weighted by Crippen LogP contribution is 2.37. The minimum Gasteiger partial charge on any atom is -0.452 e. The van der Waals surface area contributed by atoms with Gasteiger partial charge in [0.05, 0.1) is 29.4 Å². The molecule has 0 saturated carbocycles. The van der Waals surface area contributed by atoms with Crippen LogP contribution >= 0.6 is 0 Å². The molecular weight excluding hydrogens is 396 g/mol. The molecule has 1 fully saturated rings. The molecule has 2 aromatic rings. The third kappa shape index (κ3) is 4.21. The molecule has 2 amide bonds. The lowest BCUT2D eigenvalue weighted by molar-refractivity contribution is -0.121. The summed E-state index contributed by atoms with van der Waals surface area (Å²) in [5.41, 5.74) is 2.36. The Kier molecular flexibility index (Phi) is 5.85. The quantitative estimate of drug-likeness (QED) is 0.724. The number of nitriles is 1. The molecule has 2 aliphatic heterocycles. The molecule has 1 atom stereocenters. The lowest BCUT2D eigenvalue weighted by Gasteiger charge is -2.33. The summed E-state index contributed by atoms with van der Waals surface area (Å²) in [6, 6.07) is 15.8. The van der Waals surface area contributed by atoms with Crippen LogP contribution in [0.25, 0.3) is 0 Å². The molecule has 0 bridgehead atoms. The Labute approximate surface area is 180 Å². The van der Waals surface area contributed by atoms with E-state index in [4.69, 9.17) is 10.00 Å². The van der Waals surface area contributed by atoms with Gasteiger partial charge in [-0.1, -0.05) is 18.2 Å². The van der Waals surface area contributed by atoms with Crippen LogP contribution in [0.5, 0.6) is 0 Å². The van der Waals surface area contributed by atoms with Crippen LogP contribution in [0.4, 0.5) is 17.1 Å². The van der Waals surface area contributed by atoms with E-state index in [2.05, 4.69) is 10.2 Å². The zero-order chi connectivity index (χ0) is 21.8. The van der Waals surface area contributed by atoms with E-state index in [9.17, 15) is 14.4 Å². The fourth-order valence-electron chi connectivity index (χ4n) is 4.01. The van der Waals surface area contributed by atoms with E-state index in [1.807, 2.05) is 12.1 Å². The Hall–Kier alpha value is -3.86. The largest absolute Gasteiger partial charge is 0.452 e. The number of rotatable bonds is 6. The lowest BCUT2D eigenvalue weighted by atomic mass is 10.1. The molecule has 2 aromatic carbocycles. The van der Waals surface area contributed by atoms with Gasteiger partial charge < -0.3 is 19.9 Å². The SMILES string of the molecule is N#CCCN(C(=O)COC(=O)c1ccc2c(c1)NC(=O)[C@H]1CCCN21)c1ccccc1. The average Bonchev–Trinajstić information content (AvgIpc) is 3.29. The number of para-hydroxylation sites is 1. The van der Waals surface area contributed by atoms with Gasteiger partial charge >= 0.3 is 5.97 Å². The molecule has 0 radical (unpaired) electrons. The third-order valence-electron chi connectivity index (χ3n) is 5.50. The first-order chi connectivity index (χ1) is 15.1. The number of carbonyl (C=O) groups is 3. The molecule has 0 unspecified atom stereocenters. The number of benzene rings is 2. The van der Waals surface area contributed by atoms with Crippen LogP contribution in [-0.2, 0) is 14.3 Å². The van der Waals surface area contributed by atoms with Crippen molar-refractivity contribution in [2.45, 2.75) is 25.3 Å². The lowest BCUT2D eigenvalue weighted by Crippen LogP contribution is -2.43. The number of nitrogens with one attached hydrogen (secondary N) is 1. The van der Waals surface area contributed by atoms with E-state index in [0.717, 1.165) is 25.1 Å². The van der Waals surface area contributed by atoms with Gasteiger partial charge in [0.2, 0.25) is 5.91 Å². The van der Waals surface area contributed by atoms with Gasteiger partial charge in [0, 0.05) is 18.8 Å². The van der Waals surface area contributed by atoms with Crippen LogP contribution in [0.15, 0.2) is 48.5 Å². The Morgan fingerprint density at radius 2 is 2.03 bits per heavy atom. The number of hydrogen-bond acceptors (Lipinski definition) is 6. The standard InChI is InChI=1S/C23H22N4O4/c24-11-5-13-26(17-6-2-1-3-7-17)21(28)15-31-23(30)16-9-10-19-18(14-16)25-22(29)20-8-4-12-27(19)20/h1-3,6-7,9-10,14,20H,4-5,8,12-13,15H2,(H,25,29)/t20-/m1/s1. The van der Waals surface area contributed by atoms with Crippen molar-refractivity contribution in [1.29, 1.82) is 5.26 Å². The third-order valence-corrected chi connectivity index (χ3v) is 5.50. The van der Waals surface area contributed by atoms with Gasteiger partial charge in [0.25, 0.3) is 5.91 Å². The highest BCUT2D eigenvalue weighted by molar-refractivity contribution is 6.05. The molecule has 1 saturated heterocycles. The summed E-state index contributed by atoms with van der Waals surface area (Å²) in [5, 5.41) is 11.7. The summed E-state index contributed by atoms with van der Waals surface area (Å²) >= 11 is 0. The zero-order valence-electron chi connectivity index (χ0n) is 16.9. The van der Waals surface area contributed by atoms with Crippen molar-refractivity contribution in [1.82, 2.24) is 0 Å². The summed E-state index contributed by atoms with van der Waals surface area (Å²) in [6.45, 7) is 0.566. The Balaban J connectivity index is 1.44. The van der Waals surface area contributed by atoms with Gasteiger partial charge in [-0.25, -0.2) is 4.79 Å². The summed E-state index contributed by atoms with van der Waals surface area (Å²) < 4.78 is 5.24. The molecule has 0 aromatic heterocycles. The van der Waals surface area contributed by atoms with Crippen LogP contribution in [-0.4, -0.2) is 43.5 Å². The number of ether oxygens (including phenoxy) is 1. The van der Waals surface area contributed by atoms with Gasteiger partial charge in [-0.15, -0.1) is 0 Å². The molecule has 8 nitrogen and oxygen atoms in total. The smallest absolute Gasteiger partial charge is 0.338 e. The van der Waals surface area contributed by atoms with Crippen molar-refractivity contribution >= 4 is 34.8 Å². The van der Waals surface area contributed by atoms with E-state index in [0.29, 0.717) is 11.4 Å². The number of hydrogen-bond donors (Lipinski definition) is 1. The van der Waals surface area contributed by atoms with Crippen molar-refractivity contribution < 1.29 is 19.1 Å². The van der Waals surface area contributed by atoms with E-state index in [-0.39, 0.29) is 30.5 Å². The molecule has 4 rings (SSSR count). The van der Waals surface area contributed by atoms with Crippen molar-refractivity contribution in [2.75, 3.05) is 34.8 Å². The van der Waals surface area contributed by atoms with Crippen LogP contribution in [0.1, 0.15) is 29.6 Å². The highest BCUT2D eigenvalue weighted by atomic mass is 16.5. The molecule has 0 spiro atoms. The summed E-state index contributed by atoms with van der Waals surface area (Å²) in [7, 11) is 0. The maximum absolute atomic E-state index is 12.7. The van der Waals surface area contributed by atoms with Gasteiger partial charge in [-0.3, -0.25) is 9.59 Å².